The Morgan fingerprint density at radius 2 is 2.22 bits per heavy atom. The lowest BCUT2D eigenvalue weighted by molar-refractivity contribution is 0.494. The summed E-state index contributed by atoms with van der Waals surface area (Å²) in [6.07, 6.45) is 5.61. The summed E-state index contributed by atoms with van der Waals surface area (Å²) >= 11 is 0. The molecule has 0 saturated carbocycles. The van der Waals surface area contributed by atoms with Gasteiger partial charge >= 0.3 is 0 Å². The van der Waals surface area contributed by atoms with E-state index in [4.69, 9.17) is 4.42 Å². The van der Waals surface area contributed by atoms with Crippen molar-refractivity contribution in [3.63, 3.8) is 0 Å². The Hall–Kier alpha value is -1.55. The SMILES string of the molecule is CCCn1nccc1C(NC)c1ccoc1CC. The summed E-state index contributed by atoms with van der Waals surface area (Å²) in [5.74, 6) is 1.04. The molecule has 98 valence electrons. The van der Waals surface area contributed by atoms with Crippen LogP contribution in [0.2, 0.25) is 0 Å². The van der Waals surface area contributed by atoms with Crippen molar-refractivity contribution in [2.75, 3.05) is 7.05 Å². The van der Waals surface area contributed by atoms with E-state index in [0.29, 0.717) is 0 Å². The highest BCUT2D eigenvalue weighted by Gasteiger charge is 2.20. The normalized spacial score (nSPS) is 12.8. The molecular weight excluding hydrogens is 226 g/mol. The molecule has 1 N–H and O–H groups in total. The van der Waals surface area contributed by atoms with Gasteiger partial charge in [0.05, 0.1) is 18.0 Å². The van der Waals surface area contributed by atoms with E-state index in [1.165, 1.54) is 11.3 Å². The molecule has 0 aliphatic carbocycles. The Morgan fingerprint density at radius 1 is 1.39 bits per heavy atom. The number of furan rings is 1. The van der Waals surface area contributed by atoms with Gasteiger partial charge in [0.15, 0.2) is 0 Å². The molecule has 0 aliphatic heterocycles. The maximum Gasteiger partial charge on any atom is 0.108 e. The summed E-state index contributed by atoms with van der Waals surface area (Å²) in [6, 6.07) is 4.26. The average molecular weight is 247 g/mol. The van der Waals surface area contributed by atoms with Gasteiger partial charge in [0.25, 0.3) is 0 Å². The second-order valence-corrected chi connectivity index (χ2v) is 4.35. The van der Waals surface area contributed by atoms with Gasteiger partial charge in [-0.2, -0.15) is 5.10 Å². The van der Waals surface area contributed by atoms with Gasteiger partial charge < -0.3 is 9.73 Å². The fourth-order valence-electron chi connectivity index (χ4n) is 2.34. The minimum Gasteiger partial charge on any atom is -0.469 e. The van der Waals surface area contributed by atoms with Gasteiger partial charge in [-0.15, -0.1) is 0 Å². The molecule has 0 saturated heterocycles. The van der Waals surface area contributed by atoms with Crippen LogP contribution in [0.15, 0.2) is 29.0 Å². The Morgan fingerprint density at radius 3 is 2.89 bits per heavy atom. The van der Waals surface area contributed by atoms with Crippen LogP contribution in [-0.2, 0) is 13.0 Å². The molecule has 0 amide bonds. The molecule has 2 heterocycles. The topological polar surface area (TPSA) is 43.0 Å². The molecule has 2 aromatic rings. The highest BCUT2D eigenvalue weighted by Crippen LogP contribution is 2.26. The average Bonchev–Trinajstić information content (AvgIpc) is 3.01. The van der Waals surface area contributed by atoms with Crippen LogP contribution in [0.5, 0.6) is 0 Å². The number of rotatable bonds is 6. The van der Waals surface area contributed by atoms with Crippen molar-refractivity contribution < 1.29 is 4.42 Å². The third kappa shape index (κ3) is 2.34. The summed E-state index contributed by atoms with van der Waals surface area (Å²) in [6.45, 7) is 5.22. The fraction of sp³-hybridized carbons (Fsp3) is 0.500. The van der Waals surface area contributed by atoms with Crippen molar-refractivity contribution in [2.45, 2.75) is 39.3 Å². The summed E-state index contributed by atoms with van der Waals surface area (Å²) < 4.78 is 7.59. The smallest absolute Gasteiger partial charge is 0.108 e. The fourth-order valence-corrected chi connectivity index (χ4v) is 2.34. The van der Waals surface area contributed by atoms with E-state index < -0.39 is 0 Å². The first kappa shape index (κ1) is 12.9. The number of nitrogens with zero attached hydrogens (tertiary/aromatic N) is 2. The number of hydrogen-bond donors (Lipinski definition) is 1. The lowest BCUT2D eigenvalue weighted by Gasteiger charge is -2.17. The van der Waals surface area contributed by atoms with Crippen molar-refractivity contribution >= 4 is 0 Å². The Bertz CT molecular complexity index is 487. The monoisotopic (exact) mass is 247 g/mol. The van der Waals surface area contributed by atoms with E-state index in [2.05, 4.69) is 35.0 Å². The molecule has 4 heteroatoms. The van der Waals surface area contributed by atoms with Gasteiger partial charge in [0.2, 0.25) is 0 Å². The van der Waals surface area contributed by atoms with Gasteiger partial charge in [-0.1, -0.05) is 13.8 Å². The van der Waals surface area contributed by atoms with Crippen molar-refractivity contribution in [1.82, 2.24) is 15.1 Å². The maximum absolute atomic E-state index is 5.52. The molecule has 0 spiro atoms. The zero-order valence-electron chi connectivity index (χ0n) is 11.3. The second kappa shape index (κ2) is 5.87. The van der Waals surface area contributed by atoms with Crippen molar-refractivity contribution in [1.29, 1.82) is 0 Å². The molecule has 0 aliphatic rings. The molecule has 18 heavy (non-hydrogen) atoms. The van der Waals surface area contributed by atoms with E-state index >= 15 is 0 Å². The minimum atomic E-state index is 0.146. The highest BCUT2D eigenvalue weighted by molar-refractivity contribution is 5.29. The molecule has 0 aromatic carbocycles. The Labute approximate surface area is 108 Å². The van der Waals surface area contributed by atoms with Crippen LogP contribution in [0.1, 0.15) is 43.3 Å². The molecule has 4 nitrogen and oxygen atoms in total. The zero-order chi connectivity index (χ0) is 13.0. The Balaban J connectivity index is 2.36. The number of aryl methyl sites for hydroxylation is 2. The number of hydrogen-bond acceptors (Lipinski definition) is 3. The van der Waals surface area contributed by atoms with Crippen LogP contribution in [0.4, 0.5) is 0 Å². The predicted octanol–water partition coefficient (Wildman–Crippen LogP) is 2.76. The quantitative estimate of drug-likeness (QED) is 0.853. The first-order chi connectivity index (χ1) is 8.81. The first-order valence-corrected chi connectivity index (χ1v) is 6.57. The number of nitrogens with one attached hydrogen (secondary N) is 1. The third-order valence-corrected chi connectivity index (χ3v) is 3.18. The molecule has 0 bridgehead atoms. The van der Waals surface area contributed by atoms with Gasteiger partial charge in [0.1, 0.15) is 5.76 Å². The third-order valence-electron chi connectivity index (χ3n) is 3.18. The van der Waals surface area contributed by atoms with Gasteiger partial charge in [0, 0.05) is 24.7 Å². The molecule has 0 radical (unpaired) electrons. The lowest BCUT2D eigenvalue weighted by Crippen LogP contribution is -2.22. The first-order valence-electron chi connectivity index (χ1n) is 6.57. The summed E-state index contributed by atoms with van der Waals surface area (Å²) in [7, 11) is 1.97. The van der Waals surface area contributed by atoms with E-state index in [1.807, 2.05) is 19.3 Å². The summed E-state index contributed by atoms with van der Waals surface area (Å²) in [4.78, 5) is 0. The van der Waals surface area contributed by atoms with Crippen LogP contribution < -0.4 is 5.32 Å². The second-order valence-electron chi connectivity index (χ2n) is 4.35. The lowest BCUT2D eigenvalue weighted by atomic mass is 10.0. The van der Waals surface area contributed by atoms with Crippen LogP contribution in [0.3, 0.4) is 0 Å². The van der Waals surface area contributed by atoms with Crippen LogP contribution >= 0.6 is 0 Å². The van der Waals surface area contributed by atoms with Crippen molar-refractivity contribution in [2.24, 2.45) is 0 Å². The van der Waals surface area contributed by atoms with Crippen LogP contribution in [-0.4, -0.2) is 16.8 Å². The van der Waals surface area contributed by atoms with Crippen molar-refractivity contribution in [3.8, 4) is 0 Å². The summed E-state index contributed by atoms with van der Waals surface area (Å²) in [5.41, 5.74) is 2.40. The Kier molecular flexibility index (Phi) is 4.20. The highest BCUT2D eigenvalue weighted by atomic mass is 16.3. The van der Waals surface area contributed by atoms with Gasteiger partial charge in [-0.25, -0.2) is 0 Å². The van der Waals surface area contributed by atoms with Crippen molar-refractivity contribution in [3.05, 3.63) is 41.6 Å². The minimum absolute atomic E-state index is 0.146. The molecular formula is C14H21N3O. The summed E-state index contributed by atoms with van der Waals surface area (Å²) in [5, 5.41) is 7.75. The van der Waals surface area contributed by atoms with E-state index in [-0.39, 0.29) is 6.04 Å². The molecule has 1 unspecified atom stereocenters. The molecule has 0 fully saturated rings. The molecule has 2 aromatic heterocycles. The van der Waals surface area contributed by atoms with E-state index in [1.54, 1.807) is 6.26 Å². The van der Waals surface area contributed by atoms with Crippen LogP contribution in [0.25, 0.3) is 0 Å². The standard InChI is InChI=1S/C14H21N3O/c1-4-9-17-12(6-8-16-17)14(15-3)11-7-10-18-13(11)5-2/h6-8,10,14-15H,4-5,9H2,1-3H3. The van der Waals surface area contributed by atoms with Gasteiger partial charge in [-0.3, -0.25) is 4.68 Å². The maximum atomic E-state index is 5.52. The van der Waals surface area contributed by atoms with E-state index in [0.717, 1.165) is 25.1 Å². The zero-order valence-corrected chi connectivity index (χ0v) is 11.3. The predicted molar refractivity (Wildman–Crippen MR) is 71.5 cm³/mol. The van der Waals surface area contributed by atoms with E-state index in [9.17, 15) is 0 Å². The molecule has 2 rings (SSSR count). The number of aromatic nitrogens is 2. The largest absolute Gasteiger partial charge is 0.469 e. The van der Waals surface area contributed by atoms with Crippen LogP contribution in [0, 0.1) is 0 Å². The van der Waals surface area contributed by atoms with Gasteiger partial charge in [-0.05, 0) is 25.6 Å². The molecule has 1 atom stereocenters.